The van der Waals surface area contributed by atoms with Crippen LogP contribution in [0.15, 0.2) is 60.1 Å². The molecule has 2 aromatic heterocycles. The van der Waals surface area contributed by atoms with E-state index in [4.69, 9.17) is 16.3 Å². The van der Waals surface area contributed by atoms with E-state index in [-0.39, 0.29) is 58.0 Å². The summed E-state index contributed by atoms with van der Waals surface area (Å²) in [6.07, 6.45) is -4.74. The first kappa shape index (κ1) is 39.7. The Balaban J connectivity index is 1.47. The lowest BCUT2D eigenvalue weighted by Crippen LogP contribution is -2.51. The maximum atomic E-state index is 16.3. The van der Waals surface area contributed by atoms with Crippen LogP contribution in [0.2, 0.25) is 5.02 Å². The molecule has 294 valence electrons. The summed E-state index contributed by atoms with van der Waals surface area (Å²) in [7, 11) is -3.76. The molecule has 2 N–H and O–H groups in total. The molecule has 4 aromatic rings. The number of hydrogen-bond donors (Lipinski definition) is 2. The molecule has 3 heterocycles. The number of amides is 2. The van der Waals surface area contributed by atoms with Gasteiger partial charge in [0, 0.05) is 17.7 Å². The second-order valence-electron chi connectivity index (χ2n) is 14.3. The minimum atomic E-state index is -4.73. The molecule has 2 amide bonds. The molecule has 55 heavy (non-hydrogen) atoms. The summed E-state index contributed by atoms with van der Waals surface area (Å²) < 4.78 is 105. The zero-order chi connectivity index (χ0) is 40.1. The van der Waals surface area contributed by atoms with Crippen LogP contribution in [0.25, 0.3) is 16.8 Å². The van der Waals surface area contributed by atoms with E-state index in [1.165, 1.54) is 30.5 Å². The topological polar surface area (TPSA) is 166 Å². The molecule has 1 aliphatic carbocycles. The maximum Gasteiger partial charge on any atom is 0.411 e. The van der Waals surface area contributed by atoms with Gasteiger partial charge in [0.25, 0.3) is 22.2 Å². The number of aromatic nitrogens is 5. The fourth-order valence-corrected chi connectivity index (χ4v) is 6.40. The van der Waals surface area contributed by atoms with E-state index in [9.17, 15) is 31.2 Å². The van der Waals surface area contributed by atoms with E-state index in [1.807, 2.05) is 26.1 Å². The van der Waals surface area contributed by atoms with Crippen LogP contribution in [0.3, 0.4) is 0 Å². The molecule has 2 aliphatic rings. The van der Waals surface area contributed by atoms with Gasteiger partial charge in [-0.15, -0.1) is 0 Å². The van der Waals surface area contributed by atoms with Crippen molar-refractivity contribution in [2.45, 2.75) is 64.3 Å². The smallest absolute Gasteiger partial charge is 0.356 e. The lowest BCUT2D eigenvalue weighted by molar-refractivity contribution is -0.172. The van der Waals surface area contributed by atoms with Gasteiger partial charge >= 0.3 is 6.18 Å². The van der Waals surface area contributed by atoms with Gasteiger partial charge in [-0.25, -0.2) is 36.8 Å². The van der Waals surface area contributed by atoms with Crippen molar-refractivity contribution >= 4 is 39.4 Å². The van der Waals surface area contributed by atoms with Crippen molar-refractivity contribution < 1.29 is 44.7 Å². The van der Waals surface area contributed by atoms with Crippen LogP contribution in [0, 0.1) is 11.2 Å². The highest BCUT2D eigenvalue weighted by molar-refractivity contribution is 7.89. The number of aliphatic imine (C=N–C) groups is 1. The number of carbonyl (C=O) groups excluding carboxylic acids is 2. The number of ether oxygens (including phenoxy) is 1. The largest absolute Gasteiger partial charge is 0.411 e. The van der Waals surface area contributed by atoms with Crippen molar-refractivity contribution in [3.8, 4) is 16.8 Å². The van der Waals surface area contributed by atoms with E-state index in [2.05, 4.69) is 25.5 Å². The third-order valence-electron chi connectivity index (χ3n) is 8.82. The van der Waals surface area contributed by atoms with Gasteiger partial charge in [-0.1, -0.05) is 44.5 Å². The number of alkyl halides is 4. The van der Waals surface area contributed by atoms with Crippen LogP contribution in [0.1, 0.15) is 74.3 Å². The van der Waals surface area contributed by atoms with Crippen molar-refractivity contribution in [2.75, 3.05) is 19.4 Å². The summed E-state index contributed by atoms with van der Waals surface area (Å²) in [6.45, 7) is 4.84. The zero-order valence-corrected chi connectivity index (χ0v) is 31.3. The lowest BCUT2D eigenvalue weighted by atomic mass is 9.92. The highest BCUT2D eigenvalue weighted by Crippen LogP contribution is 2.49. The zero-order valence-electron chi connectivity index (χ0n) is 29.7. The van der Waals surface area contributed by atoms with Crippen molar-refractivity contribution in [2.24, 2.45) is 10.4 Å². The maximum absolute atomic E-state index is 16.3. The molecule has 1 aliphatic heterocycles. The molecule has 14 nitrogen and oxygen atoms in total. The Bertz CT molecular complexity index is 2270. The first-order chi connectivity index (χ1) is 25.7. The van der Waals surface area contributed by atoms with E-state index in [0.29, 0.717) is 10.5 Å². The molecule has 0 saturated heterocycles. The summed E-state index contributed by atoms with van der Waals surface area (Å²) >= 11 is 6.49. The normalized spacial score (nSPS) is 19.2. The lowest BCUT2D eigenvalue weighted by Gasteiger charge is -2.34. The quantitative estimate of drug-likeness (QED) is 0.165. The molecule has 0 radical (unpaired) electrons. The van der Waals surface area contributed by atoms with Crippen LogP contribution < -0.4 is 10.6 Å². The SMILES string of the molecule is CC(C)(C)CCN/C1=N\C(F)c2ncnn2-c2cc(ccc2Cl)[C@@H](OCC(=O)NC2(C(F)(F)F)CC2)N1C(=O)c1ccc(-c2cnn(S(C)(=O)=O)c2)cc1F. The average Bonchev–Trinajstić information content (AvgIpc) is 3.46. The van der Waals surface area contributed by atoms with Gasteiger partial charge in [0.1, 0.15) is 24.3 Å². The molecule has 2 atom stereocenters. The number of rotatable bonds is 9. The molecule has 6 rings (SSSR count). The van der Waals surface area contributed by atoms with Gasteiger partial charge < -0.3 is 15.4 Å². The number of halogens is 6. The van der Waals surface area contributed by atoms with Gasteiger partial charge in [-0.05, 0) is 54.5 Å². The summed E-state index contributed by atoms with van der Waals surface area (Å²) in [5, 5.41) is 12.8. The number of carbonyl (C=O) groups is 2. The van der Waals surface area contributed by atoms with Crippen molar-refractivity contribution in [3.05, 3.63) is 82.9 Å². The van der Waals surface area contributed by atoms with E-state index in [0.717, 1.165) is 40.5 Å². The third-order valence-corrected chi connectivity index (χ3v) is 10.0. The summed E-state index contributed by atoms with van der Waals surface area (Å²) in [5.74, 6) is -4.27. The molecular weight excluding hydrogens is 777 g/mol. The molecular formula is C34H35ClF5N9O5S. The minimum Gasteiger partial charge on any atom is -0.356 e. The fraction of sp³-hybridized carbons (Fsp3) is 0.412. The minimum absolute atomic E-state index is 0.0480. The Morgan fingerprint density at radius 2 is 1.80 bits per heavy atom. The molecule has 1 unspecified atom stereocenters. The number of hydrogen-bond acceptors (Lipinski definition) is 10. The number of fused-ring (bicyclic) bond motifs is 4. The Kier molecular flexibility index (Phi) is 10.6. The standard InChI is InChI=1S/C34H35ClF5N9O5S/c1-32(2,3)11-12-41-31-45-27(37)28-42-18-44-49(28)25-14-20(6-8-23(25)35)30(54-17-26(50)46-33(9-10-33)34(38,39)40)48(31)29(51)22-7-5-19(13-24(22)36)21-15-43-47(16-21)55(4,52)53/h5-8,13-16,18,27,30H,9-12,17H2,1-4H3,(H,41,45)(H,46,50)/t27?,30-/m1/s1. The summed E-state index contributed by atoms with van der Waals surface area (Å²) in [6, 6.07) is 7.48. The highest BCUT2D eigenvalue weighted by atomic mass is 35.5. The first-order valence-corrected chi connectivity index (χ1v) is 18.9. The van der Waals surface area contributed by atoms with Crippen LogP contribution in [0.4, 0.5) is 22.0 Å². The summed E-state index contributed by atoms with van der Waals surface area (Å²) in [5.41, 5.74) is -2.84. The van der Waals surface area contributed by atoms with Gasteiger partial charge in [0.15, 0.2) is 12.1 Å². The number of nitrogens with one attached hydrogen (secondary N) is 2. The molecule has 2 bridgehead atoms. The molecule has 21 heteroatoms. The van der Waals surface area contributed by atoms with Gasteiger partial charge in [0.05, 0.1) is 34.9 Å². The van der Waals surface area contributed by atoms with Crippen molar-refractivity contribution in [1.82, 2.24) is 39.5 Å². The molecule has 1 saturated carbocycles. The predicted molar refractivity (Wildman–Crippen MR) is 189 cm³/mol. The molecule has 1 fully saturated rings. The van der Waals surface area contributed by atoms with Gasteiger partial charge in [0.2, 0.25) is 11.9 Å². The van der Waals surface area contributed by atoms with Crippen LogP contribution in [-0.4, -0.2) is 86.2 Å². The fourth-order valence-electron chi connectivity index (χ4n) is 5.68. The Morgan fingerprint density at radius 1 is 1.07 bits per heavy atom. The van der Waals surface area contributed by atoms with Gasteiger partial charge in [-0.2, -0.15) is 27.5 Å². The second-order valence-corrected chi connectivity index (χ2v) is 16.5. The Hall–Kier alpha value is -4.95. The third kappa shape index (κ3) is 8.50. The summed E-state index contributed by atoms with van der Waals surface area (Å²) in [4.78, 5) is 36.6. The number of benzene rings is 2. The van der Waals surface area contributed by atoms with E-state index in [1.54, 1.807) is 0 Å². The Morgan fingerprint density at radius 3 is 2.42 bits per heavy atom. The molecule has 0 spiro atoms. The molecule has 2 aromatic carbocycles. The van der Waals surface area contributed by atoms with Crippen LogP contribution >= 0.6 is 11.6 Å². The number of guanidine groups is 1. The van der Waals surface area contributed by atoms with Gasteiger partial charge in [-0.3, -0.25) is 9.59 Å². The number of nitrogens with zero attached hydrogens (tertiary/aromatic N) is 7. The second kappa shape index (κ2) is 14.6. The monoisotopic (exact) mass is 811 g/mol. The highest BCUT2D eigenvalue weighted by Gasteiger charge is 2.64. The van der Waals surface area contributed by atoms with Crippen LogP contribution in [-0.2, 0) is 19.6 Å². The average molecular weight is 812 g/mol. The van der Waals surface area contributed by atoms with Crippen LogP contribution in [0.5, 0.6) is 0 Å². The van der Waals surface area contributed by atoms with E-state index < -0.39 is 70.0 Å². The predicted octanol–water partition coefficient (Wildman–Crippen LogP) is 5.46. The Labute approximate surface area is 316 Å². The van der Waals surface area contributed by atoms with Crippen molar-refractivity contribution in [1.29, 1.82) is 0 Å². The van der Waals surface area contributed by atoms with E-state index >= 15 is 8.78 Å². The first-order valence-electron chi connectivity index (χ1n) is 16.7. The van der Waals surface area contributed by atoms with Crippen molar-refractivity contribution in [3.63, 3.8) is 0 Å².